The lowest BCUT2D eigenvalue weighted by Gasteiger charge is -2.14. The van der Waals surface area contributed by atoms with Crippen molar-refractivity contribution in [3.8, 4) is 17.0 Å². The quantitative estimate of drug-likeness (QED) is 0.672. The monoisotopic (exact) mass is 402 g/mol. The van der Waals surface area contributed by atoms with Gasteiger partial charge in [-0.2, -0.15) is 0 Å². The predicted molar refractivity (Wildman–Crippen MR) is 107 cm³/mol. The van der Waals surface area contributed by atoms with E-state index in [4.69, 9.17) is 4.74 Å². The minimum Gasteiger partial charge on any atom is -0.490 e. The lowest BCUT2D eigenvalue weighted by atomic mass is 10.1. The van der Waals surface area contributed by atoms with E-state index in [9.17, 15) is 9.18 Å². The standard InChI is InChI=1S/C20H19FN4O2.ClH/c1-13(2)27-18-10-15(21)3-4-16(18)17-11-19(24-12-23-17)25-20(26)9-14-5-7-22-8-6-14;/h3-8,10-13H,9H2,1-2H3,(H,23,24,25,26);1H. The van der Waals surface area contributed by atoms with Crippen LogP contribution in [-0.4, -0.2) is 27.0 Å². The van der Waals surface area contributed by atoms with Gasteiger partial charge in [0.05, 0.1) is 18.2 Å². The fourth-order valence-corrected chi connectivity index (χ4v) is 2.51. The topological polar surface area (TPSA) is 77.0 Å². The number of ether oxygens (including phenoxy) is 1. The Morgan fingerprint density at radius 2 is 1.89 bits per heavy atom. The Balaban J connectivity index is 0.00000280. The van der Waals surface area contributed by atoms with Crippen molar-refractivity contribution in [2.45, 2.75) is 26.4 Å². The molecule has 6 nitrogen and oxygen atoms in total. The van der Waals surface area contributed by atoms with E-state index in [-0.39, 0.29) is 30.8 Å². The zero-order valence-electron chi connectivity index (χ0n) is 15.4. The summed E-state index contributed by atoms with van der Waals surface area (Å²) in [5.41, 5.74) is 2.00. The van der Waals surface area contributed by atoms with Crippen molar-refractivity contribution in [2.24, 2.45) is 0 Å². The number of halogens is 2. The molecule has 0 spiro atoms. The summed E-state index contributed by atoms with van der Waals surface area (Å²) >= 11 is 0. The van der Waals surface area contributed by atoms with Gasteiger partial charge in [0.25, 0.3) is 0 Å². The van der Waals surface area contributed by atoms with Crippen LogP contribution in [0, 0.1) is 5.82 Å². The second-order valence-electron chi connectivity index (χ2n) is 6.18. The number of nitrogens with zero attached hydrogens (tertiary/aromatic N) is 3. The molecule has 0 unspecified atom stereocenters. The van der Waals surface area contributed by atoms with Crippen LogP contribution in [0.3, 0.4) is 0 Å². The molecular formula is C20H20ClFN4O2. The number of anilines is 1. The molecule has 0 radical (unpaired) electrons. The van der Waals surface area contributed by atoms with Crippen molar-refractivity contribution in [1.29, 1.82) is 0 Å². The van der Waals surface area contributed by atoms with Crippen LogP contribution in [0.2, 0.25) is 0 Å². The highest BCUT2D eigenvalue weighted by Gasteiger charge is 2.13. The van der Waals surface area contributed by atoms with Gasteiger partial charge < -0.3 is 10.1 Å². The Kier molecular flexibility index (Phi) is 7.40. The van der Waals surface area contributed by atoms with Gasteiger partial charge >= 0.3 is 0 Å². The average molecular weight is 403 g/mol. The molecule has 3 aromatic rings. The van der Waals surface area contributed by atoms with Crippen LogP contribution in [-0.2, 0) is 11.2 Å². The highest BCUT2D eigenvalue weighted by Crippen LogP contribution is 2.31. The van der Waals surface area contributed by atoms with Gasteiger partial charge in [0.2, 0.25) is 5.91 Å². The lowest BCUT2D eigenvalue weighted by Crippen LogP contribution is -2.15. The molecule has 0 fully saturated rings. The highest BCUT2D eigenvalue weighted by atomic mass is 35.5. The van der Waals surface area contributed by atoms with Crippen molar-refractivity contribution in [3.05, 3.63) is 66.5 Å². The van der Waals surface area contributed by atoms with Crippen molar-refractivity contribution >= 4 is 24.1 Å². The maximum Gasteiger partial charge on any atom is 0.229 e. The van der Waals surface area contributed by atoms with E-state index < -0.39 is 5.82 Å². The molecule has 2 aromatic heterocycles. The van der Waals surface area contributed by atoms with E-state index in [1.54, 1.807) is 36.7 Å². The number of nitrogens with one attached hydrogen (secondary N) is 1. The number of pyridine rings is 1. The third-order valence-corrected chi connectivity index (χ3v) is 3.63. The van der Waals surface area contributed by atoms with Gasteiger partial charge in [-0.3, -0.25) is 9.78 Å². The molecule has 0 saturated heterocycles. The molecule has 1 N–H and O–H groups in total. The van der Waals surface area contributed by atoms with Crippen molar-refractivity contribution < 1.29 is 13.9 Å². The number of amides is 1. The van der Waals surface area contributed by atoms with Crippen molar-refractivity contribution in [3.63, 3.8) is 0 Å². The van der Waals surface area contributed by atoms with Crippen LogP contribution in [0.25, 0.3) is 11.3 Å². The number of carbonyl (C=O) groups is 1. The van der Waals surface area contributed by atoms with Crippen LogP contribution >= 0.6 is 12.4 Å². The predicted octanol–water partition coefficient (Wildman–Crippen LogP) is 4.07. The average Bonchev–Trinajstić information content (AvgIpc) is 2.62. The normalized spacial score (nSPS) is 10.3. The maximum absolute atomic E-state index is 13.6. The van der Waals surface area contributed by atoms with Crippen LogP contribution in [0.4, 0.5) is 10.2 Å². The van der Waals surface area contributed by atoms with Crippen molar-refractivity contribution in [2.75, 3.05) is 5.32 Å². The first kappa shape index (κ1) is 21.2. The van der Waals surface area contributed by atoms with E-state index in [0.717, 1.165) is 5.56 Å². The van der Waals surface area contributed by atoms with E-state index >= 15 is 0 Å². The smallest absolute Gasteiger partial charge is 0.229 e. The van der Waals surface area contributed by atoms with Gasteiger partial charge in [-0.05, 0) is 43.7 Å². The molecule has 2 heterocycles. The minimum atomic E-state index is -0.394. The summed E-state index contributed by atoms with van der Waals surface area (Å²) in [5, 5.41) is 2.75. The second-order valence-corrected chi connectivity index (χ2v) is 6.18. The summed E-state index contributed by atoms with van der Waals surface area (Å²) in [6.07, 6.45) is 4.71. The van der Waals surface area contributed by atoms with Crippen LogP contribution in [0.5, 0.6) is 5.75 Å². The zero-order valence-corrected chi connectivity index (χ0v) is 16.2. The minimum absolute atomic E-state index is 0. The van der Waals surface area contributed by atoms with Gasteiger partial charge in [0, 0.05) is 30.1 Å². The first-order valence-corrected chi connectivity index (χ1v) is 8.48. The van der Waals surface area contributed by atoms with Gasteiger partial charge in [0.1, 0.15) is 23.7 Å². The molecule has 0 aliphatic heterocycles. The number of aromatic nitrogens is 3. The summed E-state index contributed by atoms with van der Waals surface area (Å²) in [5.74, 6) is 0.148. The Bertz CT molecular complexity index is 938. The van der Waals surface area contributed by atoms with E-state index in [0.29, 0.717) is 22.8 Å². The van der Waals surface area contributed by atoms with Gasteiger partial charge in [-0.25, -0.2) is 14.4 Å². The third-order valence-electron chi connectivity index (χ3n) is 3.63. The summed E-state index contributed by atoms with van der Waals surface area (Å²) in [7, 11) is 0. The molecule has 0 atom stereocenters. The summed E-state index contributed by atoms with van der Waals surface area (Å²) in [4.78, 5) is 24.5. The maximum atomic E-state index is 13.6. The fraction of sp³-hybridized carbons (Fsp3) is 0.200. The molecule has 146 valence electrons. The molecule has 0 aliphatic carbocycles. The molecule has 28 heavy (non-hydrogen) atoms. The highest BCUT2D eigenvalue weighted by molar-refractivity contribution is 5.91. The van der Waals surface area contributed by atoms with Crippen LogP contribution in [0.1, 0.15) is 19.4 Å². The number of hydrogen-bond acceptors (Lipinski definition) is 5. The first-order valence-electron chi connectivity index (χ1n) is 8.48. The van der Waals surface area contributed by atoms with E-state index in [1.165, 1.54) is 18.5 Å². The first-order chi connectivity index (χ1) is 13.0. The Morgan fingerprint density at radius 1 is 1.14 bits per heavy atom. The van der Waals surface area contributed by atoms with E-state index in [1.807, 2.05) is 13.8 Å². The van der Waals surface area contributed by atoms with Crippen LogP contribution < -0.4 is 10.1 Å². The van der Waals surface area contributed by atoms with Gasteiger partial charge in [0.15, 0.2) is 0 Å². The number of hydrogen-bond donors (Lipinski definition) is 1. The number of rotatable bonds is 6. The molecule has 0 bridgehead atoms. The molecule has 0 aliphatic rings. The Labute approximate surface area is 168 Å². The molecule has 1 aromatic carbocycles. The summed E-state index contributed by atoms with van der Waals surface area (Å²) < 4.78 is 19.3. The summed E-state index contributed by atoms with van der Waals surface area (Å²) in [6, 6.07) is 9.44. The van der Waals surface area contributed by atoms with Crippen LogP contribution in [0.15, 0.2) is 55.1 Å². The molecular weight excluding hydrogens is 383 g/mol. The number of benzene rings is 1. The molecule has 0 saturated carbocycles. The Morgan fingerprint density at radius 3 is 2.61 bits per heavy atom. The largest absolute Gasteiger partial charge is 0.490 e. The van der Waals surface area contributed by atoms with Crippen molar-refractivity contribution in [1.82, 2.24) is 15.0 Å². The molecule has 8 heteroatoms. The van der Waals surface area contributed by atoms with E-state index in [2.05, 4.69) is 20.3 Å². The summed E-state index contributed by atoms with van der Waals surface area (Å²) in [6.45, 7) is 3.72. The SMILES string of the molecule is CC(C)Oc1cc(F)ccc1-c1cc(NC(=O)Cc2ccncc2)ncn1.Cl. The second kappa shape index (κ2) is 9.75. The Hall–Kier alpha value is -3.06. The molecule has 1 amide bonds. The van der Waals surface area contributed by atoms with Gasteiger partial charge in [-0.1, -0.05) is 0 Å². The number of carbonyl (C=O) groups excluding carboxylic acids is 1. The third kappa shape index (κ3) is 5.72. The van der Waals surface area contributed by atoms with Gasteiger partial charge in [-0.15, -0.1) is 12.4 Å². The zero-order chi connectivity index (χ0) is 19.2. The molecule has 3 rings (SSSR count). The lowest BCUT2D eigenvalue weighted by molar-refractivity contribution is -0.115. The fourth-order valence-electron chi connectivity index (χ4n) is 2.51.